The number of rotatable bonds is 7. The summed E-state index contributed by atoms with van der Waals surface area (Å²) in [7, 11) is -3.08. The number of sulfone groups is 1. The summed E-state index contributed by atoms with van der Waals surface area (Å²) >= 11 is 0. The maximum atomic E-state index is 12.6. The van der Waals surface area contributed by atoms with E-state index >= 15 is 0 Å². The van der Waals surface area contributed by atoms with Crippen LogP contribution < -0.4 is 0 Å². The number of unbranched alkanes of at least 4 members (excludes halogenated alkanes) is 1. The number of esters is 1. The van der Waals surface area contributed by atoms with Crippen LogP contribution in [0.3, 0.4) is 0 Å². The highest BCUT2D eigenvalue weighted by atomic mass is 32.2. The number of methoxy groups -OCH3 is 1. The van der Waals surface area contributed by atoms with Gasteiger partial charge in [0.05, 0.1) is 12.0 Å². The Labute approximate surface area is 123 Å². The number of hydrogen-bond donors (Lipinski definition) is 0. The van der Waals surface area contributed by atoms with E-state index in [1.165, 1.54) is 12.1 Å². The SMILES string of the molecule is CCCCC(C(=O)OC)S(=O)(=O)c1ccccc1[N+](=O)[O-]. The lowest BCUT2D eigenvalue weighted by atomic mass is 10.2. The Morgan fingerprint density at radius 3 is 2.52 bits per heavy atom. The Bertz CT molecular complexity index is 625. The van der Waals surface area contributed by atoms with Crippen molar-refractivity contribution in [2.75, 3.05) is 7.11 Å². The van der Waals surface area contributed by atoms with E-state index in [9.17, 15) is 23.3 Å². The molecule has 0 aliphatic carbocycles. The van der Waals surface area contributed by atoms with Gasteiger partial charge in [-0.1, -0.05) is 31.9 Å². The summed E-state index contributed by atoms with van der Waals surface area (Å²) in [6.07, 6.45) is 1.26. The Kier molecular flexibility index (Phi) is 5.83. The van der Waals surface area contributed by atoms with Crippen LogP contribution in [0.5, 0.6) is 0 Å². The van der Waals surface area contributed by atoms with E-state index in [0.29, 0.717) is 12.8 Å². The molecule has 0 aromatic heterocycles. The molecule has 0 saturated heterocycles. The van der Waals surface area contributed by atoms with E-state index in [1.54, 1.807) is 0 Å². The highest BCUT2D eigenvalue weighted by Gasteiger charge is 2.38. The maximum Gasteiger partial charge on any atom is 0.324 e. The van der Waals surface area contributed by atoms with E-state index in [1.807, 2.05) is 6.92 Å². The molecule has 0 saturated carbocycles. The van der Waals surface area contributed by atoms with Gasteiger partial charge in [-0.3, -0.25) is 14.9 Å². The van der Waals surface area contributed by atoms with E-state index in [2.05, 4.69) is 4.74 Å². The molecule has 1 unspecified atom stereocenters. The van der Waals surface area contributed by atoms with E-state index in [4.69, 9.17) is 0 Å². The van der Waals surface area contributed by atoms with Crippen LogP contribution in [-0.4, -0.2) is 31.7 Å². The molecule has 0 heterocycles. The third-order valence-corrected chi connectivity index (χ3v) is 5.16. The van der Waals surface area contributed by atoms with Crippen LogP contribution in [0.1, 0.15) is 26.2 Å². The Balaban J connectivity index is 3.35. The number of nitro groups is 1. The summed E-state index contributed by atoms with van der Waals surface area (Å²) in [5.74, 6) is -0.901. The molecule has 7 nitrogen and oxygen atoms in total. The number of carbonyl (C=O) groups is 1. The standard InChI is InChI=1S/C13H17NO6S/c1-3-4-8-12(13(15)20-2)21(18,19)11-9-6-5-7-10(11)14(16)17/h5-7,9,12H,3-4,8H2,1-2H3. The van der Waals surface area contributed by atoms with Gasteiger partial charge in [0.15, 0.2) is 15.1 Å². The fourth-order valence-electron chi connectivity index (χ4n) is 1.92. The minimum absolute atomic E-state index is 0.0670. The molecule has 0 fully saturated rings. The first-order valence-electron chi connectivity index (χ1n) is 6.41. The Morgan fingerprint density at radius 1 is 1.38 bits per heavy atom. The van der Waals surface area contributed by atoms with Gasteiger partial charge in [-0.25, -0.2) is 8.42 Å². The van der Waals surface area contributed by atoms with Crippen LogP contribution >= 0.6 is 0 Å². The second kappa shape index (κ2) is 7.16. The molecule has 0 bridgehead atoms. The molecule has 0 N–H and O–H groups in total. The largest absolute Gasteiger partial charge is 0.468 e. The zero-order valence-electron chi connectivity index (χ0n) is 11.8. The van der Waals surface area contributed by atoms with Crippen molar-refractivity contribution in [3.63, 3.8) is 0 Å². The molecule has 21 heavy (non-hydrogen) atoms. The summed E-state index contributed by atoms with van der Waals surface area (Å²) in [6.45, 7) is 1.85. The van der Waals surface area contributed by atoms with Crippen molar-refractivity contribution in [3.8, 4) is 0 Å². The average Bonchev–Trinajstić information content (AvgIpc) is 2.47. The highest BCUT2D eigenvalue weighted by molar-refractivity contribution is 7.93. The molecule has 0 radical (unpaired) electrons. The molecule has 0 amide bonds. The predicted molar refractivity (Wildman–Crippen MR) is 75.6 cm³/mol. The molecule has 0 aliphatic heterocycles. The first-order valence-corrected chi connectivity index (χ1v) is 7.96. The van der Waals surface area contributed by atoms with Crippen molar-refractivity contribution in [2.45, 2.75) is 36.3 Å². The average molecular weight is 315 g/mol. The number of carbonyl (C=O) groups excluding carboxylic acids is 1. The lowest BCUT2D eigenvalue weighted by Crippen LogP contribution is -2.32. The molecular formula is C13H17NO6S. The summed E-state index contributed by atoms with van der Waals surface area (Å²) in [6, 6.07) is 4.99. The normalized spacial score (nSPS) is 12.7. The van der Waals surface area contributed by atoms with Gasteiger partial charge >= 0.3 is 5.97 Å². The first-order chi connectivity index (χ1) is 9.86. The van der Waals surface area contributed by atoms with Crippen LogP contribution in [0, 0.1) is 10.1 Å². The second-order valence-corrected chi connectivity index (χ2v) is 6.52. The lowest BCUT2D eigenvalue weighted by molar-refractivity contribution is -0.387. The molecule has 116 valence electrons. The van der Waals surface area contributed by atoms with Gasteiger partial charge in [0.2, 0.25) is 0 Å². The summed E-state index contributed by atoms with van der Waals surface area (Å²) in [4.78, 5) is 21.5. The van der Waals surface area contributed by atoms with Gasteiger partial charge in [0.1, 0.15) is 4.90 Å². The van der Waals surface area contributed by atoms with Gasteiger partial charge in [-0.05, 0) is 12.5 Å². The quantitative estimate of drug-likeness (QED) is 0.433. The molecule has 1 aromatic rings. The zero-order chi connectivity index (χ0) is 16.0. The first kappa shape index (κ1) is 17.1. The highest BCUT2D eigenvalue weighted by Crippen LogP contribution is 2.28. The zero-order valence-corrected chi connectivity index (χ0v) is 12.6. The number of ether oxygens (including phenoxy) is 1. The number of benzene rings is 1. The fraction of sp³-hybridized carbons (Fsp3) is 0.462. The van der Waals surface area contributed by atoms with Crippen molar-refractivity contribution in [3.05, 3.63) is 34.4 Å². The van der Waals surface area contributed by atoms with Gasteiger partial charge in [0.25, 0.3) is 5.69 Å². The minimum Gasteiger partial charge on any atom is -0.468 e. The molecule has 8 heteroatoms. The molecule has 0 aliphatic rings. The molecule has 1 atom stereocenters. The van der Waals surface area contributed by atoms with Gasteiger partial charge in [-0.15, -0.1) is 0 Å². The summed E-state index contributed by atoms with van der Waals surface area (Å²) in [5, 5.41) is 9.54. The topological polar surface area (TPSA) is 104 Å². The second-order valence-electron chi connectivity index (χ2n) is 4.42. The number of para-hydroxylation sites is 1. The van der Waals surface area contributed by atoms with Crippen LogP contribution in [0.2, 0.25) is 0 Å². The van der Waals surface area contributed by atoms with Gasteiger partial charge in [-0.2, -0.15) is 0 Å². The van der Waals surface area contributed by atoms with Crippen LogP contribution in [0.15, 0.2) is 29.2 Å². The molecule has 1 rings (SSSR count). The summed E-state index contributed by atoms with van der Waals surface area (Å²) in [5.41, 5.74) is -0.539. The third-order valence-electron chi connectivity index (χ3n) is 3.03. The van der Waals surface area contributed by atoms with Crippen molar-refractivity contribution in [1.82, 2.24) is 0 Å². The lowest BCUT2D eigenvalue weighted by Gasteiger charge is -2.15. The van der Waals surface area contributed by atoms with Crippen molar-refractivity contribution in [1.29, 1.82) is 0 Å². The van der Waals surface area contributed by atoms with Gasteiger partial charge < -0.3 is 4.74 Å². The molecule has 0 spiro atoms. The van der Waals surface area contributed by atoms with Crippen LogP contribution in [0.4, 0.5) is 5.69 Å². The van der Waals surface area contributed by atoms with E-state index < -0.39 is 36.6 Å². The smallest absolute Gasteiger partial charge is 0.324 e. The monoisotopic (exact) mass is 315 g/mol. The van der Waals surface area contributed by atoms with Crippen molar-refractivity contribution in [2.24, 2.45) is 0 Å². The predicted octanol–water partition coefficient (Wildman–Crippen LogP) is 2.10. The Morgan fingerprint density at radius 2 is 2.00 bits per heavy atom. The number of hydrogen-bond acceptors (Lipinski definition) is 6. The third kappa shape index (κ3) is 3.78. The maximum absolute atomic E-state index is 12.6. The minimum atomic E-state index is -4.18. The van der Waals surface area contributed by atoms with E-state index in [0.717, 1.165) is 19.2 Å². The van der Waals surface area contributed by atoms with Crippen LogP contribution in [0.25, 0.3) is 0 Å². The van der Waals surface area contributed by atoms with Crippen LogP contribution in [-0.2, 0) is 19.4 Å². The van der Waals surface area contributed by atoms with Crippen molar-refractivity contribution < 1.29 is 22.9 Å². The van der Waals surface area contributed by atoms with E-state index in [-0.39, 0.29) is 6.42 Å². The Hall–Kier alpha value is -1.96. The van der Waals surface area contributed by atoms with Crippen molar-refractivity contribution >= 4 is 21.5 Å². The number of nitro benzene ring substituents is 1. The summed E-state index contributed by atoms with van der Waals surface area (Å²) < 4.78 is 29.6. The number of nitrogens with zero attached hydrogens (tertiary/aromatic N) is 1. The van der Waals surface area contributed by atoms with Gasteiger partial charge in [0, 0.05) is 6.07 Å². The fourth-order valence-corrected chi connectivity index (χ4v) is 3.76. The molecular weight excluding hydrogens is 298 g/mol. The molecule has 1 aromatic carbocycles.